The Bertz CT molecular complexity index is 2210. The van der Waals surface area contributed by atoms with E-state index >= 15 is 0 Å². The first-order valence-electron chi connectivity index (χ1n) is 40.7. The Labute approximate surface area is 627 Å². The summed E-state index contributed by atoms with van der Waals surface area (Å²) in [5.41, 5.74) is 0. The second-order valence-electron chi connectivity index (χ2n) is 28.5. The van der Waals surface area contributed by atoms with Gasteiger partial charge in [0.1, 0.15) is 49.6 Å². The molecule has 0 fully saturated rings. The maximum Gasteiger partial charge on any atom is 0.303 e. The van der Waals surface area contributed by atoms with Gasteiger partial charge in [-0.15, -0.1) is 0 Å². The maximum absolute atomic E-state index is 12.1. The lowest BCUT2D eigenvalue weighted by molar-refractivity contribution is -0.138. The van der Waals surface area contributed by atoms with Gasteiger partial charge in [0.15, 0.2) is 23.1 Å². The standard InChI is InChI=1S/C43H77NO10.C39H69NO10/c1-37(45)27-28-39(38(2)46)34-41(48)36-54-35-40(47)24-19-20-30-52-31-21-22-32-53-33-23-29-44-42(49)25-17-15-13-11-9-7-5-3-4-6-8-10-12-14-16-18-26-43(50)51;1-33(41)23-24-35(34(2)42)30-37(44)32-50-31-36(43)20-15-16-26-48-27-17-18-28-49-29-19-25-40-38(45)21-13-11-9-7-5-3-4-6-8-10-12-14-22-39(46)47/h39H,3-36H2,1-2H3,(H,44,49)(H,50,51);35H,3-32H2,1-2H3,(H,40,45)(H,46,47)/t39-;35-/m11/s1. The van der Waals surface area contributed by atoms with Crippen molar-refractivity contribution in [2.75, 3.05) is 92.4 Å². The molecule has 0 radical (unpaired) electrons. The molecule has 0 saturated carbocycles. The van der Waals surface area contributed by atoms with Gasteiger partial charge in [-0.3, -0.25) is 47.9 Å². The van der Waals surface area contributed by atoms with E-state index in [0.717, 1.165) is 109 Å². The van der Waals surface area contributed by atoms with Crippen molar-refractivity contribution in [2.45, 2.75) is 349 Å². The zero-order valence-electron chi connectivity index (χ0n) is 65.7. The van der Waals surface area contributed by atoms with E-state index in [2.05, 4.69) is 10.6 Å². The van der Waals surface area contributed by atoms with E-state index in [-0.39, 0.29) is 110 Å². The van der Waals surface area contributed by atoms with Crippen molar-refractivity contribution >= 4 is 70.0 Å². The molecule has 0 rings (SSSR count). The normalized spacial score (nSPS) is 11.7. The molecule has 604 valence electrons. The molecule has 0 aliphatic heterocycles. The number of carbonyl (C=O) groups is 12. The summed E-state index contributed by atoms with van der Waals surface area (Å²) in [5, 5.41) is 23.2. The second kappa shape index (κ2) is 77.6. The molecule has 0 aromatic rings. The first-order chi connectivity index (χ1) is 50.2. The van der Waals surface area contributed by atoms with Crippen LogP contribution in [0.4, 0.5) is 0 Å². The van der Waals surface area contributed by atoms with Crippen molar-refractivity contribution < 1.29 is 96.2 Å². The third-order valence-electron chi connectivity index (χ3n) is 18.1. The van der Waals surface area contributed by atoms with Crippen LogP contribution >= 0.6 is 0 Å². The first kappa shape index (κ1) is 101. The molecule has 0 aliphatic rings. The Morgan fingerprint density at radius 1 is 0.250 bits per heavy atom. The highest BCUT2D eigenvalue weighted by Gasteiger charge is 2.21. The zero-order chi connectivity index (χ0) is 77.0. The lowest BCUT2D eigenvalue weighted by Crippen LogP contribution is -2.24. The minimum absolute atomic E-state index is 0.0124. The number of nitrogens with one attached hydrogen (secondary N) is 2. The van der Waals surface area contributed by atoms with Crippen molar-refractivity contribution in [3.8, 4) is 0 Å². The van der Waals surface area contributed by atoms with Crippen LogP contribution in [-0.2, 0) is 86.0 Å². The SMILES string of the molecule is CC(=O)CC[C@H](CC(=O)COCC(=O)CCCCOCCCCOCCCNC(=O)CCCCCCCCCCCCCCC(=O)O)C(C)=O.CC(=O)CC[C@H](CC(=O)COCC(=O)CCCCOCCCCOCCCNC(=O)CCCCCCCCCCCCCCCCCCC(=O)O)C(C)=O. The molecule has 0 spiro atoms. The van der Waals surface area contributed by atoms with Crippen molar-refractivity contribution in [2.24, 2.45) is 11.8 Å². The molecule has 2 atom stereocenters. The number of rotatable bonds is 82. The molecule has 0 aromatic heterocycles. The van der Waals surface area contributed by atoms with E-state index < -0.39 is 23.8 Å². The average molecular weight is 1480 g/mol. The highest BCUT2D eigenvalue weighted by Crippen LogP contribution is 2.19. The zero-order valence-corrected chi connectivity index (χ0v) is 65.7. The van der Waals surface area contributed by atoms with Gasteiger partial charge in [0.25, 0.3) is 0 Å². The number of hydrogen-bond donors (Lipinski definition) is 4. The van der Waals surface area contributed by atoms with Gasteiger partial charge in [-0.2, -0.15) is 0 Å². The molecule has 104 heavy (non-hydrogen) atoms. The summed E-state index contributed by atoms with van der Waals surface area (Å²) in [7, 11) is 0. The molecule has 0 aliphatic carbocycles. The monoisotopic (exact) mass is 1480 g/mol. The quantitative estimate of drug-likeness (QED) is 0.0411. The number of aliphatic carboxylic acids is 2. The van der Waals surface area contributed by atoms with E-state index in [1.165, 1.54) is 150 Å². The molecule has 0 bridgehead atoms. The van der Waals surface area contributed by atoms with E-state index in [0.29, 0.717) is 130 Å². The summed E-state index contributed by atoms with van der Waals surface area (Å²) in [6.07, 6.45) is 44.9. The Morgan fingerprint density at radius 2 is 0.471 bits per heavy atom. The number of carbonyl (C=O) groups excluding carboxylic acids is 10. The van der Waals surface area contributed by atoms with Crippen molar-refractivity contribution in [1.29, 1.82) is 0 Å². The molecule has 4 N–H and O–H groups in total. The van der Waals surface area contributed by atoms with Gasteiger partial charge >= 0.3 is 11.9 Å². The van der Waals surface area contributed by atoms with Gasteiger partial charge in [0, 0.05) is 142 Å². The fourth-order valence-corrected chi connectivity index (χ4v) is 11.6. The van der Waals surface area contributed by atoms with Crippen LogP contribution in [0.1, 0.15) is 349 Å². The summed E-state index contributed by atoms with van der Waals surface area (Å²) < 4.78 is 33.1. The molecule has 22 nitrogen and oxygen atoms in total. The van der Waals surface area contributed by atoms with Crippen molar-refractivity contribution in [3.63, 3.8) is 0 Å². The summed E-state index contributed by atoms with van der Waals surface area (Å²) >= 11 is 0. The van der Waals surface area contributed by atoms with E-state index in [1.807, 2.05) is 0 Å². The molecular formula is C82H146N2O20. The van der Waals surface area contributed by atoms with Crippen LogP contribution in [0, 0.1) is 11.8 Å². The van der Waals surface area contributed by atoms with Crippen LogP contribution in [0.5, 0.6) is 0 Å². The average Bonchev–Trinajstić information content (AvgIpc) is 1.07. The van der Waals surface area contributed by atoms with E-state index in [9.17, 15) is 57.5 Å². The van der Waals surface area contributed by atoms with Crippen LogP contribution in [0.25, 0.3) is 0 Å². The fraction of sp³-hybridized carbons (Fsp3) is 0.854. The molecule has 2 amide bonds. The maximum atomic E-state index is 12.1. The number of unbranched alkanes of at least 4 members (excludes halogenated alkanes) is 30. The van der Waals surface area contributed by atoms with Crippen LogP contribution in [0.15, 0.2) is 0 Å². The van der Waals surface area contributed by atoms with Gasteiger partial charge in [0.2, 0.25) is 11.8 Å². The summed E-state index contributed by atoms with van der Waals surface area (Å²) in [6.45, 7) is 11.4. The molecule has 0 saturated heterocycles. The number of Topliss-reactive ketones (excluding diaryl/α,β-unsaturated/α-hetero) is 8. The van der Waals surface area contributed by atoms with Crippen LogP contribution in [-0.4, -0.2) is 173 Å². The number of carboxylic acids is 2. The van der Waals surface area contributed by atoms with Gasteiger partial charge in [-0.25, -0.2) is 0 Å². The third kappa shape index (κ3) is 81.1. The predicted octanol–water partition coefficient (Wildman–Crippen LogP) is 15.8. The molecular weight excluding hydrogens is 1330 g/mol. The number of carboxylic acid groups (broad SMARTS) is 2. The number of ether oxygens (including phenoxy) is 6. The third-order valence-corrected chi connectivity index (χ3v) is 18.1. The fourth-order valence-electron chi connectivity index (χ4n) is 11.6. The number of amides is 2. The number of hydrogen-bond acceptors (Lipinski definition) is 18. The lowest BCUT2D eigenvalue weighted by Gasteiger charge is -2.12. The van der Waals surface area contributed by atoms with Crippen molar-refractivity contribution in [3.05, 3.63) is 0 Å². The lowest BCUT2D eigenvalue weighted by atomic mass is 9.93. The number of ketones is 8. The second-order valence-corrected chi connectivity index (χ2v) is 28.5. The topological polar surface area (TPSA) is 325 Å². The Morgan fingerprint density at radius 3 is 0.721 bits per heavy atom. The van der Waals surface area contributed by atoms with Gasteiger partial charge in [-0.05, 0) is 130 Å². The molecule has 0 unspecified atom stereocenters. The molecule has 22 heteroatoms. The Kier molecular flexibility index (Phi) is 75.4. The van der Waals surface area contributed by atoms with Crippen LogP contribution in [0.2, 0.25) is 0 Å². The molecule has 0 aromatic carbocycles. The van der Waals surface area contributed by atoms with E-state index in [4.69, 9.17) is 38.6 Å². The smallest absolute Gasteiger partial charge is 0.303 e. The van der Waals surface area contributed by atoms with Crippen molar-refractivity contribution in [1.82, 2.24) is 10.6 Å². The highest BCUT2D eigenvalue weighted by atomic mass is 16.5. The largest absolute Gasteiger partial charge is 0.481 e. The molecule has 0 heterocycles. The summed E-state index contributed by atoms with van der Waals surface area (Å²) in [6, 6.07) is 0. The predicted molar refractivity (Wildman–Crippen MR) is 407 cm³/mol. The highest BCUT2D eigenvalue weighted by molar-refractivity contribution is 5.89. The van der Waals surface area contributed by atoms with Gasteiger partial charge in [-0.1, -0.05) is 154 Å². The van der Waals surface area contributed by atoms with E-state index in [1.54, 1.807) is 0 Å². The van der Waals surface area contributed by atoms with Crippen LogP contribution in [0.3, 0.4) is 0 Å². The minimum atomic E-state index is -0.695. The summed E-state index contributed by atoms with van der Waals surface area (Å²) in [5.74, 6) is -2.95. The first-order valence-corrected chi connectivity index (χ1v) is 40.7. The van der Waals surface area contributed by atoms with Gasteiger partial charge < -0.3 is 58.9 Å². The summed E-state index contributed by atoms with van der Waals surface area (Å²) in [4.78, 5) is 139. The Hall–Kier alpha value is -5.00. The minimum Gasteiger partial charge on any atom is -0.481 e. The van der Waals surface area contributed by atoms with Crippen LogP contribution < -0.4 is 10.6 Å². The Balaban J connectivity index is 0. The van der Waals surface area contributed by atoms with Gasteiger partial charge in [0.05, 0.1) is 0 Å².